The molecule has 2 rings (SSSR count). The number of rotatable bonds is 7. The second-order valence-corrected chi connectivity index (χ2v) is 8.95. The number of carbonyl (C=O) groups excluding carboxylic acids is 1. The first-order valence-corrected chi connectivity index (χ1v) is 10.7. The predicted molar refractivity (Wildman–Crippen MR) is 102 cm³/mol. The van der Waals surface area contributed by atoms with E-state index in [1.165, 1.54) is 4.31 Å². The van der Waals surface area contributed by atoms with Gasteiger partial charge >= 0.3 is 0 Å². The van der Waals surface area contributed by atoms with Crippen LogP contribution in [0.4, 0.5) is 0 Å². The Labute approximate surface area is 157 Å². The summed E-state index contributed by atoms with van der Waals surface area (Å²) in [4.78, 5) is 12.6. The fraction of sp³-hybridized carbons (Fsp3) is 0.632. The number of carbonyl (C=O) groups is 1. The van der Waals surface area contributed by atoms with Crippen LogP contribution in [0.15, 0.2) is 23.1 Å². The molecule has 0 aliphatic carbocycles. The summed E-state index contributed by atoms with van der Waals surface area (Å²) in [7, 11) is -1.98. The van der Waals surface area contributed by atoms with Crippen LogP contribution in [0.2, 0.25) is 0 Å². The molecule has 1 aromatic rings. The lowest BCUT2D eigenvalue weighted by Crippen LogP contribution is -2.44. The highest BCUT2D eigenvalue weighted by molar-refractivity contribution is 7.89. The van der Waals surface area contributed by atoms with Crippen molar-refractivity contribution in [3.63, 3.8) is 0 Å². The molecule has 0 bridgehead atoms. The van der Waals surface area contributed by atoms with Crippen LogP contribution < -0.4 is 10.1 Å². The molecule has 1 N–H and O–H groups in total. The van der Waals surface area contributed by atoms with Crippen LogP contribution in [0.1, 0.15) is 45.1 Å². The van der Waals surface area contributed by atoms with Crippen LogP contribution in [-0.2, 0) is 14.8 Å². The van der Waals surface area contributed by atoms with Gasteiger partial charge in [-0.25, -0.2) is 8.42 Å². The maximum absolute atomic E-state index is 12.9. The predicted octanol–water partition coefficient (Wildman–Crippen LogP) is 2.71. The standard InChI is InChI=1S/C19H30N2O4S/c1-5-6-15(3)20-19(22)16-9-11-21(12-10-16)26(23,24)17-7-8-18(25-4)14(2)13-17/h7-8,13,15-16H,5-6,9-12H2,1-4H3,(H,20,22). The molecule has 0 radical (unpaired) electrons. The third-order valence-corrected chi connectivity index (χ3v) is 6.83. The third-order valence-electron chi connectivity index (χ3n) is 4.94. The van der Waals surface area contributed by atoms with Gasteiger partial charge in [0.15, 0.2) is 0 Å². The summed E-state index contributed by atoms with van der Waals surface area (Å²) in [5.41, 5.74) is 0.785. The van der Waals surface area contributed by atoms with Gasteiger partial charge in [-0.2, -0.15) is 4.31 Å². The first kappa shape index (κ1) is 20.7. The molecule has 26 heavy (non-hydrogen) atoms. The number of aryl methyl sites for hydroxylation is 1. The highest BCUT2D eigenvalue weighted by atomic mass is 32.2. The van der Waals surface area contributed by atoms with Crippen molar-refractivity contribution >= 4 is 15.9 Å². The molecule has 6 nitrogen and oxygen atoms in total. The van der Waals surface area contributed by atoms with Crippen LogP contribution in [0.5, 0.6) is 5.75 Å². The molecule has 146 valence electrons. The summed E-state index contributed by atoms with van der Waals surface area (Å²) in [6.07, 6.45) is 3.09. The number of nitrogens with one attached hydrogen (secondary N) is 1. The van der Waals surface area contributed by atoms with Gasteiger partial charge in [0.1, 0.15) is 5.75 Å². The lowest BCUT2D eigenvalue weighted by molar-refractivity contribution is -0.126. The van der Waals surface area contributed by atoms with E-state index in [4.69, 9.17) is 4.74 Å². The molecule has 0 saturated carbocycles. The van der Waals surface area contributed by atoms with Crippen LogP contribution in [0.3, 0.4) is 0 Å². The van der Waals surface area contributed by atoms with Crippen LogP contribution >= 0.6 is 0 Å². The van der Waals surface area contributed by atoms with E-state index in [1.54, 1.807) is 25.3 Å². The molecule has 1 atom stereocenters. The van der Waals surface area contributed by atoms with Crippen molar-refractivity contribution in [3.05, 3.63) is 23.8 Å². The number of hydrogen-bond acceptors (Lipinski definition) is 4. The summed E-state index contributed by atoms with van der Waals surface area (Å²) in [6, 6.07) is 5.06. The maximum atomic E-state index is 12.9. The minimum atomic E-state index is -3.54. The van der Waals surface area contributed by atoms with Crippen LogP contribution in [-0.4, -0.2) is 44.9 Å². The number of methoxy groups -OCH3 is 1. The van der Waals surface area contributed by atoms with Crippen LogP contribution in [0.25, 0.3) is 0 Å². The molecule has 1 aliphatic heterocycles. The van der Waals surface area contributed by atoms with Gasteiger partial charge in [0.05, 0.1) is 12.0 Å². The summed E-state index contributed by atoms with van der Waals surface area (Å²) in [5, 5.41) is 3.04. The molecule has 0 spiro atoms. The van der Waals surface area contributed by atoms with Gasteiger partial charge in [0.2, 0.25) is 15.9 Å². The Morgan fingerprint density at radius 2 is 2.00 bits per heavy atom. The monoisotopic (exact) mass is 382 g/mol. The Kier molecular flexibility index (Phi) is 7.06. The van der Waals surface area contributed by atoms with Crippen molar-refractivity contribution in [2.24, 2.45) is 5.92 Å². The molecule has 0 aromatic heterocycles. The molecule has 1 unspecified atom stereocenters. The largest absolute Gasteiger partial charge is 0.496 e. The number of piperidine rings is 1. The Morgan fingerprint density at radius 1 is 1.35 bits per heavy atom. The highest BCUT2D eigenvalue weighted by Crippen LogP contribution is 2.27. The lowest BCUT2D eigenvalue weighted by atomic mass is 9.96. The highest BCUT2D eigenvalue weighted by Gasteiger charge is 2.32. The van der Waals surface area contributed by atoms with Gasteiger partial charge in [-0.05, 0) is 56.9 Å². The Bertz CT molecular complexity index is 725. The smallest absolute Gasteiger partial charge is 0.243 e. The van der Waals surface area contributed by atoms with Crippen molar-refractivity contribution in [2.45, 2.75) is 57.4 Å². The van der Waals surface area contributed by atoms with E-state index in [9.17, 15) is 13.2 Å². The molecule has 1 saturated heterocycles. The van der Waals surface area contributed by atoms with E-state index in [0.717, 1.165) is 18.4 Å². The average molecular weight is 383 g/mol. The number of sulfonamides is 1. The zero-order valence-electron chi connectivity index (χ0n) is 16.1. The van der Waals surface area contributed by atoms with E-state index in [0.29, 0.717) is 31.7 Å². The molecule has 1 fully saturated rings. The van der Waals surface area contributed by atoms with E-state index in [-0.39, 0.29) is 22.8 Å². The van der Waals surface area contributed by atoms with Crippen molar-refractivity contribution in [3.8, 4) is 5.75 Å². The number of amides is 1. The van der Waals surface area contributed by atoms with Gasteiger partial charge in [-0.3, -0.25) is 4.79 Å². The quantitative estimate of drug-likeness (QED) is 0.787. The number of nitrogens with zero attached hydrogens (tertiary/aromatic N) is 1. The molecule has 1 amide bonds. The summed E-state index contributed by atoms with van der Waals surface area (Å²) in [5.74, 6) is 0.599. The second kappa shape index (κ2) is 8.86. The Balaban J connectivity index is 2.00. The SMILES string of the molecule is CCCC(C)NC(=O)C1CCN(S(=O)(=O)c2ccc(OC)c(C)c2)CC1. The summed E-state index contributed by atoms with van der Waals surface area (Å²) < 4.78 is 32.4. The zero-order chi connectivity index (χ0) is 19.3. The Morgan fingerprint density at radius 3 is 2.54 bits per heavy atom. The van der Waals surface area contributed by atoms with Gasteiger partial charge < -0.3 is 10.1 Å². The third kappa shape index (κ3) is 4.76. The second-order valence-electron chi connectivity index (χ2n) is 7.01. The van der Waals surface area contributed by atoms with Crippen LogP contribution in [0, 0.1) is 12.8 Å². The zero-order valence-corrected chi connectivity index (χ0v) is 16.9. The van der Waals surface area contributed by atoms with E-state index in [1.807, 2.05) is 13.8 Å². The van der Waals surface area contributed by atoms with Crippen molar-refractivity contribution < 1.29 is 17.9 Å². The maximum Gasteiger partial charge on any atom is 0.243 e. The van der Waals surface area contributed by atoms with E-state index < -0.39 is 10.0 Å². The van der Waals surface area contributed by atoms with Gasteiger partial charge in [-0.1, -0.05) is 13.3 Å². The molecular formula is C19H30N2O4S. The average Bonchev–Trinajstić information content (AvgIpc) is 2.61. The number of hydrogen-bond donors (Lipinski definition) is 1. The van der Waals surface area contributed by atoms with Gasteiger partial charge in [-0.15, -0.1) is 0 Å². The minimum Gasteiger partial charge on any atom is -0.496 e. The number of ether oxygens (including phenoxy) is 1. The van der Waals surface area contributed by atoms with E-state index in [2.05, 4.69) is 12.2 Å². The molecule has 1 aromatic carbocycles. The van der Waals surface area contributed by atoms with E-state index >= 15 is 0 Å². The fourth-order valence-corrected chi connectivity index (χ4v) is 4.94. The number of benzene rings is 1. The Hall–Kier alpha value is -1.60. The topological polar surface area (TPSA) is 75.7 Å². The lowest BCUT2D eigenvalue weighted by Gasteiger charge is -2.31. The minimum absolute atomic E-state index is 0.0447. The molecule has 1 heterocycles. The summed E-state index contributed by atoms with van der Waals surface area (Å²) in [6.45, 7) is 6.66. The fourth-order valence-electron chi connectivity index (χ4n) is 3.38. The summed E-state index contributed by atoms with van der Waals surface area (Å²) >= 11 is 0. The van der Waals surface area contributed by atoms with Crippen molar-refractivity contribution in [1.29, 1.82) is 0 Å². The molecule has 1 aliphatic rings. The molecular weight excluding hydrogens is 352 g/mol. The van der Waals surface area contributed by atoms with Gasteiger partial charge in [0.25, 0.3) is 0 Å². The van der Waals surface area contributed by atoms with Crippen molar-refractivity contribution in [2.75, 3.05) is 20.2 Å². The molecule has 7 heteroatoms. The first-order chi connectivity index (χ1) is 12.3. The normalized spacial score (nSPS) is 17.7. The van der Waals surface area contributed by atoms with Gasteiger partial charge in [0, 0.05) is 25.0 Å². The first-order valence-electron chi connectivity index (χ1n) is 9.24. The van der Waals surface area contributed by atoms with Crippen molar-refractivity contribution in [1.82, 2.24) is 9.62 Å².